The summed E-state index contributed by atoms with van der Waals surface area (Å²) in [5.74, 6) is 0. The summed E-state index contributed by atoms with van der Waals surface area (Å²) in [6.45, 7) is 7.33. The molecule has 1 aromatic rings. The summed E-state index contributed by atoms with van der Waals surface area (Å²) in [5, 5.41) is 8.82. The van der Waals surface area contributed by atoms with Crippen LogP contribution in [0.4, 0.5) is 5.69 Å². The summed E-state index contributed by atoms with van der Waals surface area (Å²) in [7, 11) is 0. The van der Waals surface area contributed by atoms with Gasteiger partial charge in [-0.3, -0.25) is 0 Å². The number of rotatable bonds is 6. The third-order valence-corrected chi connectivity index (χ3v) is 3.14. The molecular weight excluding hydrogens is 280 g/mol. The van der Waals surface area contributed by atoms with Crippen molar-refractivity contribution in [1.29, 1.82) is 5.26 Å². The molecule has 0 aliphatic heterocycles. The standard InChI is InChI=1S/C13H17BrN2O/c1-3-16(7-8-17-4-2)13-6-5-11(10-15)9-12(13)14/h5-6,9H,3-4,7-8H2,1-2H3. The molecule has 0 N–H and O–H groups in total. The molecule has 17 heavy (non-hydrogen) atoms. The second-order valence-electron chi connectivity index (χ2n) is 3.55. The number of nitriles is 1. The second-order valence-corrected chi connectivity index (χ2v) is 4.41. The van der Waals surface area contributed by atoms with Crippen LogP contribution in [0.15, 0.2) is 22.7 Å². The van der Waals surface area contributed by atoms with E-state index in [1.165, 1.54) is 0 Å². The first kappa shape index (κ1) is 14.0. The van der Waals surface area contributed by atoms with Crippen LogP contribution < -0.4 is 4.90 Å². The first-order chi connectivity index (χ1) is 8.22. The molecule has 0 saturated heterocycles. The zero-order valence-electron chi connectivity index (χ0n) is 10.2. The van der Waals surface area contributed by atoms with Crippen molar-refractivity contribution in [3.8, 4) is 6.07 Å². The molecule has 4 heteroatoms. The Morgan fingerprint density at radius 2 is 2.18 bits per heavy atom. The summed E-state index contributed by atoms with van der Waals surface area (Å²) < 4.78 is 6.32. The van der Waals surface area contributed by atoms with Gasteiger partial charge in [-0.25, -0.2) is 0 Å². The average molecular weight is 297 g/mol. The van der Waals surface area contributed by atoms with Gasteiger partial charge >= 0.3 is 0 Å². The van der Waals surface area contributed by atoms with Gasteiger partial charge in [-0.05, 0) is 48.0 Å². The highest BCUT2D eigenvalue weighted by Gasteiger charge is 2.08. The Morgan fingerprint density at radius 3 is 2.71 bits per heavy atom. The van der Waals surface area contributed by atoms with E-state index in [0.717, 1.165) is 36.5 Å². The SMILES string of the molecule is CCOCCN(CC)c1ccc(C#N)cc1Br. The molecule has 0 spiro atoms. The van der Waals surface area contributed by atoms with E-state index < -0.39 is 0 Å². The number of ether oxygens (including phenoxy) is 1. The van der Waals surface area contributed by atoms with E-state index in [2.05, 4.69) is 33.8 Å². The van der Waals surface area contributed by atoms with Crippen molar-refractivity contribution in [3.05, 3.63) is 28.2 Å². The molecule has 0 fully saturated rings. The van der Waals surface area contributed by atoms with Gasteiger partial charge in [-0.2, -0.15) is 5.26 Å². The van der Waals surface area contributed by atoms with Crippen LogP contribution in [0.25, 0.3) is 0 Å². The van der Waals surface area contributed by atoms with Crippen LogP contribution >= 0.6 is 15.9 Å². The van der Waals surface area contributed by atoms with Crippen molar-refractivity contribution < 1.29 is 4.74 Å². The summed E-state index contributed by atoms with van der Waals surface area (Å²) in [5.41, 5.74) is 1.77. The van der Waals surface area contributed by atoms with Crippen molar-refractivity contribution in [2.24, 2.45) is 0 Å². The zero-order chi connectivity index (χ0) is 12.7. The van der Waals surface area contributed by atoms with Crippen LogP contribution in [0, 0.1) is 11.3 Å². The molecule has 0 atom stereocenters. The van der Waals surface area contributed by atoms with Gasteiger partial charge in [0, 0.05) is 24.2 Å². The number of nitrogens with zero attached hydrogens (tertiary/aromatic N) is 2. The van der Waals surface area contributed by atoms with E-state index in [9.17, 15) is 0 Å². The molecule has 0 unspecified atom stereocenters. The number of hydrogen-bond acceptors (Lipinski definition) is 3. The van der Waals surface area contributed by atoms with Gasteiger partial charge in [0.25, 0.3) is 0 Å². The molecule has 1 aromatic carbocycles. The summed E-state index contributed by atoms with van der Waals surface area (Å²) in [4.78, 5) is 2.22. The Kier molecular flexibility index (Phi) is 6.03. The van der Waals surface area contributed by atoms with Crippen LogP contribution in [0.2, 0.25) is 0 Å². The first-order valence-corrected chi connectivity index (χ1v) is 6.54. The molecule has 1 rings (SSSR count). The van der Waals surface area contributed by atoms with E-state index in [1.54, 1.807) is 0 Å². The van der Waals surface area contributed by atoms with Gasteiger partial charge in [0.05, 0.1) is 23.9 Å². The Morgan fingerprint density at radius 1 is 1.41 bits per heavy atom. The van der Waals surface area contributed by atoms with Gasteiger partial charge in [0.2, 0.25) is 0 Å². The molecular formula is C13H17BrN2O. The lowest BCUT2D eigenvalue weighted by Crippen LogP contribution is -2.27. The van der Waals surface area contributed by atoms with E-state index in [4.69, 9.17) is 10.00 Å². The van der Waals surface area contributed by atoms with Crippen LogP contribution in [0.5, 0.6) is 0 Å². The fraction of sp³-hybridized carbons (Fsp3) is 0.462. The van der Waals surface area contributed by atoms with Gasteiger partial charge in [0.15, 0.2) is 0 Å². The smallest absolute Gasteiger partial charge is 0.0992 e. The predicted molar refractivity (Wildman–Crippen MR) is 73.2 cm³/mol. The molecule has 0 aromatic heterocycles. The van der Waals surface area contributed by atoms with Gasteiger partial charge in [0.1, 0.15) is 0 Å². The maximum absolute atomic E-state index is 8.82. The molecule has 0 aliphatic carbocycles. The van der Waals surface area contributed by atoms with Crippen molar-refractivity contribution >= 4 is 21.6 Å². The molecule has 92 valence electrons. The molecule has 0 bridgehead atoms. The minimum absolute atomic E-state index is 0.668. The summed E-state index contributed by atoms with van der Waals surface area (Å²) in [6, 6.07) is 7.78. The minimum Gasteiger partial charge on any atom is -0.380 e. The first-order valence-electron chi connectivity index (χ1n) is 5.75. The number of hydrogen-bond donors (Lipinski definition) is 0. The third-order valence-electron chi connectivity index (χ3n) is 2.51. The molecule has 3 nitrogen and oxygen atoms in total. The quantitative estimate of drug-likeness (QED) is 0.757. The Bertz CT molecular complexity index is 401. The van der Waals surface area contributed by atoms with E-state index in [1.807, 2.05) is 25.1 Å². The van der Waals surface area contributed by atoms with Gasteiger partial charge in [-0.1, -0.05) is 0 Å². The number of likely N-dealkylation sites (N-methyl/N-ethyl adjacent to an activating group) is 1. The highest BCUT2D eigenvalue weighted by atomic mass is 79.9. The van der Waals surface area contributed by atoms with Gasteiger partial charge < -0.3 is 9.64 Å². The monoisotopic (exact) mass is 296 g/mol. The van der Waals surface area contributed by atoms with Crippen molar-refractivity contribution in [2.45, 2.75) is 13.8 Å². The Balaban J connectivity index is 2.78. The normalized spacial score (nSPS) is 10.0. The Hall–Kier alpha value is -1.05. The van der Waals surface area contributed by atoms with Crippen LogP contribution in [0.1, 0.15) is 19.4 Å². The van der Waals surface area contributed by atoms with Crippen molar-refractivity contribution in [3.63, 3.8) is 0 Å². The molecule has 0 radical (unpaired) electrons. The minimum atomic E-state index is 0.668. The second kappa shape index (κ2) is 7.31. The number of benzene rings is 1. The highest BCUT2D eigenvalue weighted by Crippen LogP contribution is 2.27. The molecule has 0 saturated carbocycles. The highest BCUT2D eigenvalue weighted by molar-refractivity contribution is 9.10. The van der Waals surface area contributed by atoms with Crippen LogP contribution in [-0.4, -0.2) is 26.3 Å². The zero-order valence-corrected chi connectivity index (χ0v) is 11.8. The lowest BCUT2D eigenvalue weighted by Gasteiger charge is -2.24. The molecule has 0 heterocycles. The van der Waals surface area contributed by atoms with E-state index >= 15 is 0 Å². The lowest BCUT2D eigenvalue weighted by molar-refractivity contribution is 0.154. The largest absolute Gasteiger partial charge is 0.380 e. The summed E-state index contributed by atoms with van der Waals surface area (Å²) in [6.07, 6.45) is 0. The molecule has 0 aliphatic rings. The topological polar surface area (TPSA) is 36.3 Å². The van der Waals surface area contributed by atoms with E-state index in [0.29, 0.717) is 5.56 Å². The third kappa shape index (κ3) is 4.03. The van der Waals surface area contributed by atoms with Gasteiger partial charge in [-0.15, -0.1) is 0 Å². The number of halogens is 1. The van der Waals surface area contributed by atoms with E-state index in [-0.39, 0.29) is 0 Å². The maximum atomic E-state index is 8.82. The lowest BCUT2D eigenvalue weighted by atomic mass is 10.2. The van der Waals surface area contributed by atoms with Crippen LogP contribution in [0.3, 0.4) is 0 Å². The average Bonchev–Trinajstić information content (AvgIpc) is 2.35. The number of anilines is 1. The van der Waals surface area contributed by atoms with Crippen molar-refractivity contribution in [1.82, 2.24) is 0 Å². The fourth-order valence-corrected chi connectivity index (χ4v) is 2.23. The van der Waals surface area contributed by atoms with Crippen LogP contribution in [-0.2, 0) is 4.74 Å². The fourth-order valence-electron chi connectivity index (χ4n) is 1.60. The maximum Gasteiger partial charge on any atom is 0.0992 e. The molecule has 0 amide bonds. The Labute approximate surface area is 111 Å². The predicted octanol–water partition coefficient (Wildman–Crippen LogP) is 3.18. The van der Waals surface area contributed by atoms with Crippen molar-refractivity contribution in [2.75, 3.05) is 31.2 Å². The summed E-state index contributed by atoms with van der Waals surface area (Å²) >= 11 is 3.50.